The monoisotopic (exact) mass is 400 g/mol. The number of amides is 1. The van der Waals surface area contributed by atoms with Gasteiger partial charge in [-0.2, -0.15) is 0 Å². The van der Waals surface area contributed by atoms with Crippen LogP contribution in [-0.2, 0) is 11.2 Å². The molecule has 0 spiro atoms. The number of pyridine rings is 1. The zero-order valence-corrected chi connectivity index (χ0v) is 17.9. The zero-order valence-electron chi connectivity index (χ0n) is 17.9. The van der Waals surface area contributed by atoms with Gasteiger partial charge in [-0.05, 0) is 56.0 Å². The van der Waals surface area contributed by atoms with Crippen molar-refractivity contribution in [3.8, 4) is 16.9 Å². The van der Waals surface area contributed by atoms with E-state index in [9.17, 15) is 4.79 Å². The lowest BCUT2D eigenvalue weighted by Gasteiger charge is -2.25. The molecule has 4 rings (SSSR count). The number of methoxy groups -OCH3 is 1. The van der Waals surface area contributed by atoms with Crippen LogP contribution in [0.2, 0.25) is 0 Å². The molecule has 0 N–H and O–H groups in total. The number of hydrogen-bond acceptors (Lipinski definition) is 3. The minimum absolute atomic E-state index is 0.0238. The molecule has 4 heteroatoms. The summed E-state index contributed by atoms with van der Waals surface area (Å²) < 4.78 is 5.47. The third-order valence-electron chi connectivity index (χ3n) is 5.77. The van der Waals surface area contributed by atoms with Crippen molar-refractivity contribution in [3.63, 3.8) is 0 Å². The van der Waals surface area contributed by atoms with Gasteiger partial charge in [0.15, 0.2) is 0 Å². The molecule has 0 bridgehead atoms. The van der Waals surface area contributed by atoms with Crippen molar-refractivity contribution >= 4 is 5.91 Å². The van der Waals surface area contributed by atoms with Crippen LogP contribution in [0.1, 0.15) is 41.4 Å². The van der Waals surface area contributed by atoms with Gasteiger partial charge in [0.1, 0.15) is 5.75 Å². The third kappa shape index (κ3) is 4.23. The lowest BCUT2D eigenvalue weighted by atomic mass is 10.0. The minimum Gasteiger partial charge on any atom is -0.496 e. The summed E-state index contributed by atoms with van der Waals surface area (Å²) in [6.07, 6.45) is 2.29. The molecular formula is C26H28N2O2. The van der Waals surface area contributed by atoms with Crippen molar-refractivity contribution in [2.24, 2.45) is 0 Å². The van der Waals surface area contributed by atoms with Crippen molar-refractivity contribution in [3.05, 3.63) is 83.2 Å². The maximum Gasteiger partial charge on any atom is 0.227 e. The van der Waals surface area contributed by atoms with Crippen LogP contribution in [0.5, 0.6) is 5.75 Å². The Morgan fingerprint density at radius 3 is 2.63 bits per heavy atom. The molecule has 2 heterocycles. The summed E-state index contributed by atoms with van der Waals surface area (Å²) in [5.74, 6) is 0.899. The Hall–Kier alpha value is -3.14. The number of ether oxygens (including phenoxy) is 1. The Morgan fingerprint density at radius 1 is 1.07 bits per heavy atom. The summed E-state index contributed by atoms with van der Waals surface area (Å²) in [6, 6.07) is 20.6. The first kappa shape index (κ1) is 20.1. The van der Waals surface area contributed by atoms with Gasteiger partial charge in [-0.3, -0.25) is 9.78 Å². The fourth-order valence-electron chi connectivity index (χ4n) is 4.34. The van der Waals surface area contributed by atoms with Gasteiger partial charge in [0.25, 0.3) is 0 Å². The Bertz CT molecular complexity index is 1050. The van der Waals surface area contributed by atoms with E-state index in [0.29, 0.717) is 6.42 Å². The average molecular weight is 401 g/mol. The Labute approximate surface area is 178 Å². The van der Waals surface area contributed by atoms with E-state index in [1.807, 2.05) is 55.1 Å². The van der Waals surface area contributed by atoms with E-state index in [4.69, 9.17) is 9.72 Å². The zero-order chi connectivity index (χ0) is 21.1. The largest absolute Gasteiger partial charge is 0.496 e. The molecule has 1 atom stereocenters. The number of benzene rings is 2. The Morgan fingerprint density at radius 2 is 1.87 bits per heavy atom. The summed E-state index contributed by atoms with van der Waals surface area (Å²) >= 11 is 0. The lowest BCUT2D eigenvalue weighted by molar-refractivity contribution is -0.131. The molecule has 1 aliphatic heterocycles. The van der Waals surface area contributed by atoms with E-state index in [1.54, 1.807) is 7.11 Å². The van der Waals surface area contributed by atoms with Gasteiger partial charge in [0.2, 0.25) is 5.91 Å². The average Bonchev–Trinajstić information content (AvgIpc) is 3.24. The van der Waals surface area contributed by atoms with Gasteiger partial charge in [0, 0.05) is 17.8 Å². The van der Waals surface area contributed by atoms with Gasteiger partial charge in [-0.1, -0.05) is 48.0 Å². The minimum atomic E-state index is 0.0238. The third-order valence-corrected chi connectivity index (χ3v) is 5.77. The van der Waals surface area contributed by atoms with Crippen molar-refractivity contribution in [1.29, 1.82) is 0 Å². The standard InChI is InChI=1S/C26H28N2O2/c1-18-11-12-25(30-3)22(14-18)17-26(29)28-13-7-10-24(28)23-16-21(15-19(2)27-23)20-8-5-4-6-9-20/h4-6,8-9,11-12,14-16,24H,7,10,13,17H2,1-3H3/t24-/m1/s1. The molecule has 1 aromatic heterocycles. The quantitative estimate of drug-likeness (QED) is 0.585. The molecule has 1 fully saturated rings. The maximum absolute atomic E-state index is 13.3. The predicted molar refractivity (Wildman–Crippen MR) is 120 cm³/mol. The highest BCUT2D eigenvalue weighted by Crippen LogP contribution is 2.34. The van der Waals surface area contributed by atoms with Gasteiger partial charge >= 0.3 is 0 Å². The van der Waals surface area contributed by atoms with Gasteiger partial charge < -0.3 is 9.64 Å². The number of nitrogens with zero attached hydrogens (tertiary/aromatic N) is 2. The van der Waals surface area contributed by atoms with Crippen molar-refractivity contribution < 1.29 is 9.53 Å². The van der Waals surface area contributed by atoms with Crippen molar-refractivity contribution in [2.75, 3.05) is 13.7 Å². The first-order chi connectivity index (χ1) is 14.5. The second kappa shape index (κ2) is 8.70. The summed E-state index contributed by atoms with van der Waals surface area (Å²) in [4.78, 5) is 20.1. The Kier molecular flexibility index (Phi) is 5.84. The second-order valence-corrected chi connectivity index (χ2v) is 8.03. The maximum atomic E-state index is 13.3. The van der Waals surface area contributed by atoms with E-state index in [2.05, 4.69) is 24.3 Å². The van der Waals surface area contributed by atoms with Gasteiger partial charge in [-0.25, -0.2) is 0 Å². The molecule has 30 heavy (non-hydrogen) atoms. The molecule has 1 amide bonds. The topological polar surface area (TPSA) is 42.4 Å². The smallest absolute Gasteiger partial charge is 0.227 e. The number of aryl methyl sites for hydroxylation is 2. The fraction of sp³-hybridized carbons (Fsp3) is 0.308. The molecule has 0 unspecified atom stereocenters. The van der Waals surface area contributed by atoms with E-state index in [-0.39, 0.29) is 11.9 Å². The van der Waals surface area contributed by atoms with Crippen molar-refractivity contribution in [2.45, 2.75) is 39.2 Å². The highest BCUT2D eigenvalue weighted by atomic mass is 16.5. The van der Waals surface area contributed by atoms with Crippen LogP contribution in [0.4, 0.5) is 0 Å². The van der Waals surface area contributed by atoms with Crippen molar-refractivity contribution in [1.82, 2.24) is 9.88 Å². The number of rotatable bonds is 5. The summed E-state index contributed by atoms with van der Waals surface area (Å²) in [5.41, 5.74) is 6.35. The van der Waals surface area contributed by atoms with Crippen LogP contribution in [0.3, 0.4) is 0 Å². The van der Waals surface area contributed by atoms with E-state index >= 15 is 0 Å². The highest BCUT2D eigenvalue weighted by Gasteiger charge is 2.31. The molecule has 0 saturated carbocycles. The molecule has 1 aliphatic rings. The number of aromatic nitrogens is 1. The number of likely N-dealkylation sites (tertiary alicyclic amines) is 1. The van der Waals surface area contributed by atoms with Crippen LogP contribution < -0.4 is 4.74 Å². The van der Waals surface area contributed by atoms with E-state index in [1.165, 1.54) is 5.56 Å². The van der Waals surface area contributed by atoms with Crippen LogP contribution in [0.25, 0.3) is 11.1 Å². The number of hydrogen-bond donors (Lipinski definition) is 0. The molecule has 3 aromatic rings. The van der Waals surface area contributed by atoms with E-state index in [0.717, 1.165) is 53.2 Å². The lowest BCUT2D eigenvalue weighted by Crippen LogP contribution is -2.32. The van der Waals surface area contributed by atoms with Gasteiger partial charge in [-0.15, -0.1) is 0 Å². The molecule has 0 aliphatic carbocycles. The van der Waals surface area contributed by atoms with Crippen LogP contribution in [0, 0.1) is 13.8 Å². The highest BCUT2D eigenvalue weighted by molar-refractivity contribution is 5.80. The number of carbonyl (C=O) groups excluding carboxylic acids is 1. The van der Waals surface area contributed by atoms with Crippen LogP contribution in [0.15, 0.2) is 60.7 Å². The molecule has 154 valence electrons. The normalized spacial score (nSPS) is 16.0. The fourth-order valence-corrected chi connectivity index (χ4v) is 4.34. The summed E-state index contributed by atoms with van der Waals surface area (Å²) in [5, 5.41) is 0. The second-order valence-electron chi connectivity index (χ2n) is 8.03. The number of carbonyl (C=O) groups is 1. The van der Waals surface area contributed by atoms with E-state index < -0.39 is 0 Å². The predicted octanol–water partition coefficient (Wildman–Crippen LogP) is 5.28. The SMILES string of the molecule is COc1ccc(C)cc1CC(=O)N1CCC[C@@H]1c1cc(-c2ccccc2)cc(C)n1. The first-order valence-corrected chi connectivity index (χ1v) is 10.5. The van der Waals surface area contributed by atoms with Gasteiger partial charge in [0.05, 0.1) is 25.3 Å². The molecule has 2 aromatic carbocycles. The molecule has 4 nitrogen and oxygen atoms in total. The van der Waals surface area contributed by atoms with Crippen LogP contribution in [-0.4, -0.2) is 29.4 Å². The molecule has 0 radical (unpaired) electrons. The molecular weight excluding hydrogens is 372 g/mol. The molecule has 1 saturated heterocycles. The first-order valence-electron chi connectivity index (χ1n) is 10.5. The Balaban J connectivity index is 1.60. The summed E-state index contributed by atoms with van der Waals surface area (Å²) in [7, 11) is 1.65. The summed E-state index contributed by atoms with van der Waals surface area (Å²) in [6.45, 7) is 4.83. The van der Waals surface area contributed by atoms with Crippen LogP contribution >= 0.6 is 0 Å².